The first-order chi connectivity index (χ1) is 8.13. The van der Waals surface area contributed by atoms with Crippen molar-refractivity contribution >= 4 is 33.5 Å². The molecule has 0 unspecified atom stereocenters. The Morgan fingerprint density at radius 1 is 1.53 bits per heavy atom. The third kappa shape index (κ3) is 5.52. The fourth-order valence-electron chi connectivity index (χ4n) is 1.34. The molecule has 0 aliphatic heterocycles. The minimum Gasteiger partial charge on any atom is -0.469 e. The van der Waals surface area contributed by atoms with Crippen molar-refractivity contribution in [3.8, 4) is 0 Å². The highest BCUT2D eigenvalue weighted by atomic mass is 79.9. The number of hydrogen-bond donors (Lipinski definition) is 1. The average molecular weight is 321 g/mol. The Morgan fingerprint density at radius 3 is 2.94 bits per heavy atom. The van der Waals surface area contributed by atoms with Crippen LogP contribution in [0.15, 0.2) is 22.7 Å². The van der Waals surface area contributed by atoms with E-state index in [1.165, 1.54) is 7.11 Å². The molecule has 1 rings (SSSR count). The fourth-order valence-corrected chi connectivity index (χ4v) is 1.79. The van der Waals surface area contributed by atoms with E-state index < -0.39 is 0 Å². The van der Waals surface area contributed by atoms with Gasteiger partial charge in [-0.25, -0.2) is 0 Å². The molecule has 1 aromatic rings. The number of benzene rings is 1. The van der Waals surface area contributed by atoms with E-state index in [0.29, 0.717) is 11.4 Å². The molecule has 0 bridgehead atoms. The van der Waals surface area contributed by atoms with Gasteiger partial charge in [0.1, 0.15) is 0 Å². The first-order valence-corrected chi connectivity index (χ1v) is 6.52. The van der Waals surface area contributed by atoms with Gasteiger partial charge in [0.25, 0.3) is 0 Å². The molecule has 3 nitrogen and oxygen atoms in total. The zero-order chi connectivity index (χ0) is 12.7. The van der Waals surface area contributed by atoms with Crippen molar-refractivity contribution < 1.29 is 9.53 Å². The number of carbonyl (C=O) groups excluding carboxylic acids is 1. The predicted octanol–water partition coefficient (Wildman–Crippen LogP) is 3.15. The topological polar surface area (TPSA) is 38.3 Å². The summed E-state index contributed by atoms with van der Waals surface area (Å²) in [4.78, 5) is 10.9. The molecule has 94 valence electrons. The predicted molar refractivity (Wildman–Crippen MR) is 72.1 cm³/mol. The van der Waals surface area contributed by atoms with Crippen LogP contribution in [0.3, 0.4) is 0 Å². The third-order valence-electron chi connectivity index (χ3n) is 2.28. The Kier molecular flexibility index (Phi) is 6.55. The van der Waals surface area contributed by atoms with E-state index in [0.717, 1.165) is 29.5 Å². The van der Waals surface area contributed by atoms with Crippen LogP contribution in [0, 0.1) is 0 Å². The monoisotopic (exact) mass is 319 g/mol. The van der Waals surface area contributed by atoms with Crippen molar-refractivity contribution in [1.29, 1.82) is 0 Å². The van der Waals surface area contributed by atoms with Gasteiger partial charge >= 0.3 is 5.97 Å². The minimum atomic E-state index is -0.168. The first kappa shape index (κ1) is 14.5. The van der Waals surface area contributed by atoms with Crippen LogP contribution in [0.2, 0.25) is 5.02 Å². The maximum Gasteiger partial charge on any atom is 0.305 e. The Hall–Kier alpha value is -0.580. The third-order valence-corrected chi connectivity index (χ3v) is 3.51. The van der Waals surface area contributed by atoms with Gasteiger partial charge in [-0.3, -0.25) is 4.79 Å². The van der Waals surface area contributed by atoms with Gasteiger partial charge < -0.3 is 10.1 Å². The van der Waals surface area contributed by atoms with Gasteiger partial charge in [0.15, 0.2) is 0 Å². The van der Waals surface area contributed by atoms with Gasteiger partial charge in [-0.05, 0) is 46.6 Å². The van der Waals surface area contributed by atoms with Crippen molar-refractivity contribution in [2.24, 2.45) is 0 Å². The van der Waals surface area contributed by atoms with Crippen LogP contribution < -0.4 is 5.32 Å². The molecule has 0 radical (unpaired) electrons. The number of halogens is 2. The molecular weight excluding hydrogens is 305 g/mol. The number of methoxy groups -OCH3 is 1. The molecule has 1 N–H and O–H groups in total. The van der Waals surface area contributed by atoms with Crippen LogP contribution in [-0.2, 0) is 16.1 Å². The number of esters is 1. The SMILES string of the molecule is COC(=O)CCCNCc1ccc(Br)c(Cl)c1. The van der Waals surface area contributed by atoms with Crippen molar-refractivity contribution in [1.82, 2.24) is 5.32 Å². The summed E-state index contributed by atoms with van der Waals surface area (Å²) in [7, 11) is 1.40. The Bertz CT molecular complexity index is 385. The molecule has 0 fully saturated rings. The highest BCUT2D eigenvalue weighted by Crippen LogP contribution is 2.22. The largest absolute Gasteiger partial charge is 0.469 e. The lowest BCUT2D eigenvalue weighted by molar-refractivity contribution is -0.140. The van der Waals surface area contributed by atoms with Gasteiger partial charge in [0, 0.05) is 17.4 Å². The maximum atomic E-state index is 10.9. The molecule has 17 heavy (non-hydrogen) atoms. The molecule has 0 aromatic heterocycles. The van der Waals surface area contributed by atoms with Crippen LogP contribution in [0.25, 0.3) is 0 Å². The number of ether oxygens (including phenoxy) is 1. The van der Waals surface area contributed by atoms with Crippen LogP contribution in [0.4, 0.5) is 0 Å². The summed E-state index contributed by atoms with van der Waals surface area (Å²) in [6, 6.07) is 5.84. The van der Waals surface area contributed by atoms with Crippen molar-refractivity contribution in [2.45, 2.75) is 19.4 Å². The average Bonchev–Trinajstić information content (AvgIpc) is 2.33. The molecule has 0 saturated heterocycles. The molecule has 0 aliphatic carbocycles. The van der Waals surface area contributed by atoms with Crippen molar-refractivity contribution in [2.75, 3.05) is 13.7 Å². The molecule has 0 saturated carbocycles. The number of hydrogen-bond acceptors (Lipinski definition) is 3. The molecule has 0 heterocycles. The van der Waals surface area contributed by atoms with Crippen LogP contribution in [0.5, 0.6) is 0 Å². The standard InChI is InChI=1S/C12H15BrClNO2/c1-17-12(16)3-2-6-15-8-9-4-5-10(13)11(14)7-9/h4-5,7,15H,2-3,6,8H2,1H3. The second-order valence-corrected chi connectivity index (χ2v) is 4.87. The number of carbonyl (C=O) groups is 1. The summed E-state index contributed by atoms with van der Waals surface area (Å²) in [6.45, 7) is 1.52. The molecule has 0 atom stereocenters. The quantitative estimate of drug-likeness (QED) is 0.646. The maximum absolute atomic E-state index is 10.9. The van der Waals surface area contributed by atoms with Crippen molar-refractivity contribution in [3.63, 3.8) is 0 Å². The lowest BCUT2D eigenvalue weighted by Gasteiger charge is -2.05. The van der Waals surface area contributed by atoms with Crippen molar-refractivity contribution in [3.05, 3.63) is 33.3 Å². The zero-order valence-corrected chi connectivity index (χ0v) is 12.0. The van der Waals surface area contributed by atoms with Gasteiger partial charge in [-0.2, -0.15) is 0 Å². The van der Waals surface area contributed by atoms with E-state index in [1.807, 2.05) is 18.2 Å². The van der Waals surface area contributed by atoms with Gasteiger partial charge in [-0.15, -0.1) is 0 Å². The van der Waals surface area contributed by atoms with Gasteiger partial charge in [0.05, 0.1) is 12.1 Å². The van der Waals surface area contributed by atoms with E-state index in [1.54, 1.807) is 0 Å². The molecule has 5 heteroatoms. The summed E-state index contributed by atoms with van der Waals surface area (Å²) in [6.07, 6.45) is 1.22. The van der Waals surface area contributed by atoms with E-state index >= 15 is 0 Å². The summed E-state index contributed by atoms with van der Waals surface area (Å²) < 4.78 is 5.45. The highest BCUT2D eigenvalue weighted by molar-refractivity contribution is 9.10. The molecule has 0 amide bonds. The summed E-state index contributed by atoms with van der Waals surface area (Å²) >= 11 is 9.32. The van der Waals surface area contributed by atoms with Gasteiger partial charge in [-0.1, -0.05) is 17.7 Å². The fraction of sp³-hybridized carbons (Fsp3) is 0.417. The number of rotatable bonds is 6. The minimum absolute atomic E-state index is 0.168. The molecule has 0 spiro atoms. The van der Waals surface area contributed by atoms with Gasteiger partial charge in [0.2, 0.25) is 0 Å². The molecule has 0 aliphatic rings. The Morgan fingerprint density at radius 2 is 2.29 bits per heavy atom. The van der Waals surface area contributed by atoms with E-state index in [9.17, 15) is 4.79 Å². The van der Waals surface area contributed by atoms with Crippen LogP contribution in [0.1, 0.15) is 18.4 Å². The van der Waals surface area contributed by atoms with E-state index in [4.69, 9.17) is 11.6 Å². The second-order valence-electron chi connectivity index (χ2n) is 3.60. The lowest BCUT2D eigenvalue weighted by Crippen LogP contribution is -2.16. The van der Waals surface area contributed by atoms with Crippen LogP contribution in [-0.4, -0.2) is 19.6 Å². The summed E-state index contributed by atoms with van der Waals surface area (Å²) in [5.74, 6) is -0.168. The second kappa shape index (κ2) is 7.69. The molecular formula is C12H15BrClNO2. The van der Waals surface area contributed by atoms with Crippen LogP contribution >= 0.6 is 27.5 Å². The highest BCUT2D eigenvalue weighted by Gasteiger charge is 2.00. The van der Waals surface area contributed by atoms with E-state index in [-0.39, 0.29) is 5.97 Å². The summed E-state index contributed by atoms with van der Waals surface area (Å²) in [5, 5.41) is 3.95. The smallest absolute Gasteiger partial charge is 0.305 e. The van der Waals surface area contributed by atoms with E-state index in [2.05, 4.69) is 26.0 Å². The Balaban J connectivity index is 2.22. The first-order valence-electron chi connectivity index (χ1n) is 5.35. The number of nitrogens with one attached hydrogen (secondary N) is 1. The summed E-state index contributed by atoms with van der Waals surface area (Å²) in [5.41, 5.74) is 1.12. The normalized spacial score (nSPS) is 10.3. The zero-order valence-electron chi connectivity index (χ0n) is 9.63. The lowest BCUT2D eigenvalue weighted by atomic mass is 10.2. The molecule has 1 aromatic carbocycles. The Labute approximate surface area is 115 Å².